The lowest BCUT2D eigenvalue weighted by Crippen LogP contribution is -2.39. The van der Waals surface area contributed by atoms with Crippen molar-refractivity contribution < 1.29 is 13.2 Å². The Labute approximate surface area is 182 Å². The number of ether oxygens (including phenoxy) is 1. The number of sulfone groups is 1. The molecule has 0 aliphatic carbocycles. The van der Waals surface area contributed by atoms with Crippen LogP contribution in [-0.4, -0.2) is 54.8 Å². The Hall–Kier alpha value is -1.68. The van der Waals surface area contributed by atoms with Crippen LogP contribution < -0.4 is 5.32 Å². The van der Waals surface area contributed by atoms with Gasteiger partial charge in [0.25, 0.3) is 0 Å². The van der Waals surface area contributed by atoms with Crippen LogP contribution in [0.25, 0.3) is 0 Å². The fourth-order valence-corrected chi connectivity index (χ4v) is 5.03. The normalized spacial score (nSPS) is 11.4. The molecule has 1 heterocycles. The third-order valence-electron chi connectivity index (χ3n) is 4.35. The minimum Gasteiger partial charge on any atom is -0.383 e. The van der Waals surface area contributed by atoms with Gasteiger partial charge in [-0.1, -0.05) is 29.8 Å². The lowest BCUT2D eigenvalue weighted by atomic mass is 10.2. The number of rotatable bonds is 10. The molecule has 10 heteroatoms. The Balaban J connectivity index is 2.37. The maximum atomic E-state index is 13.1. The van der Waals surface area contributed by atoms with Gasteiger partial charge >= 0.3 is 0 Å². The average Bonchev–Trinajstić information content (AvgIpc) is 3.09. The summed E-state index contributed by atoms with van der Waals surface area (Å²) in [7, 11) is -2.13. The molecule has 160 valence electrons. The monoisotopic (exact) mass is 458 g/mol. The molecule has 0 aliphatic rings. The van der Waals surface area contributed by atoms with Gasteiger partial charge in [-0.05, 0) is 37.7 Å². The van der Waals surface area contributed by atoms with E-state index in [0.717, 1.165) is 12.2 Å². The van der Waals surface area contributed by atoms with Crippen molar-refractivity contribution in [2.24, 2.45) is 0 Å². The number of halogens is 1. The SMILES string of the molecule is CCNC(=S)N(CC)Cc1cnc(S(=O)(=O)Cc2ccccc2Cl)n1CCOC. The summed E-state index contributed by atoms with van der Waals surface area (Å²) < 4.78 is 33.1. The van der Waals surface area contributed by atoms with Crippen LogP contribution in [-0.2, 0) is 33.4 Å². The highest BCUT2D eigenvalue weighted by Crippen LogP contribution is 2.23. The highest BCUT2D eigenvalue weighted by Gasteiger charge is 2.25. The second kappa shape index (κ2) is 10.9. The second-order valence-corrected chi connectivity index (χ2v) is 9.05. The summed E-state index contributed by atoms with van der Waals surface area (Å²) in [6.45, 7) is 6.55. The first kappa shape index (κ1) is 23.6. The van der Waals surface area contributed by atoms with Gasteiger partial charge in [0.05, 0.1) is 30.8 Å². The molecule has 0 fully saturated rings. The van der Waals surface area contributed by atoms with E-state index in [9.17, 15) is 8.42 Å². The average molecular weight is 459 g/mol. The maximum absolute atomic E-state index is 13.1. The van der Waals surface area contributed by atoms with E-state index in [0.29, 0.717) is 41.9 Å². The van der Waals surface area contributed by atoms with Crippen LogP contribution in [0.5, 0.6) is 0 Å². The molecule has 0 aliphatic heterocycles. The van der Waals surface area contributed by atoms with E-state index in [-0.39, 0.29) is 10.9 Å². The number of imidazole rings is 1. The topological polar surface area (TPSA) is 76.5 Å². The molecule has 0 saturated heterocycles. The van der Waals surface area contributed by atoms with Crippen molar-refractivity contribution in [1.29, 1.82) is 0 Å². The number of nitrogens with one attached hydrogen (secondary N) is 1. The van der Waals surface area contributed by atoms with Gasteiger partial charge in [-0.3, -0.25) is 0 Å². The molecule has 0 radical (unpaired) electrons. The van der Waals surface area contributed by atoms with Crippen LogP contribution in [0.15, 0.2) is 35.6 Å². The highest BCUT2D eigenvalue weighted by molar-refractivity contribution is 7.90. The number of hydrogen-bond acceptors (Lipinski definition) is 5. The van der Waals surface area contributed by atoms with Crippen molar-refractivity contribution in [2.45, 2.75) is 37.8 Å². The predicted octanol–water partition coefficient (Wildman–Crippen LogP) is 2.87. The van der Waals surface area contributed by atoms with Crippen LogP contribution in [0, 0.1) is 0 Å². The molecule has 0 unspecified atom stereocenters. The summed E-state index contributed by atoms with van der Waals surface area (Å²) >= 11 is 11.6. The number of hydrogen-bond donors (Lipinski definition) is 1. The van der Waals surface area contributed by atoms with E-state index in [4.69, 9.17) is 28.6 Å². The number of thiocarbonyl (C=S) groups is 1. The molecule has 0 bridgehead atoms. The Morgan fingerprint density at radius 2 is 2.07 bits per heavy atom. The van der Waals surface area contributed by atoms with Gasteiger partial charge in [-0.2, -0.15) is 0 Å². The Bertz CT molecular complexity index is 931. The highest BCUT2D eigenvalue weighted by atomic mass is 35.5. The van der Waals surface area contributed by atoms with Crippen LogP contribution in [0.3, 0.4) is 0 Å². The summed E-state index contributed by atoms with van der Waals surface area (Å²) in [4.78, 5) is 6.21. The predicted molar refractivity (Wildman–Crippen MR) is 119 cm³/mol. The van der Waals surface area contributed by atoms with Gasteiger partial charge in [-0.15, -0.1) is 0 Å². The zero-order valence-corrected chi connectivity index (χ0v) is 19.3. The summed E-state index contributed by atoms with van der Waals surface area (Å²) in [5.41, 5.74) is 1.29. The summed E-state index contributed by atoms with van der Waals surface area (Å²) in [5.74, 6) is -0.219. The molecule has 0 atom stereocenters. The van der Waals surface area contributed by atoms with E-state index in [2.05, 4.69) is 10.3 Å². The minimum atomic E-state index is -3.70. The molecule has 0 amide bonds. The molecule has 1 aromatic heterocycles. The van der Waals surface area contributed by atoms with Gasteiger partial charge in [0.1, 0.15) is 0 Å². The lowest BCUT2D eigenvalue weighted by molar-refractivity contribution is 0.182. The number of benzene rings is 1. The van der Waals surface area contributed by atoms with Crippen LogP contribution in [0.2, 0.25) is 5.02 Å². The molecule has 1 N–H and O–H groups in total. The van der Waals surface area contributed by atoms with E-state index >= 15 is 0 Å². The molecule has 2 aromatic rings. The summed E-state index contributed by atoms with van der Waals surface area (Å²) in [6, 6.07) is 6.91. The van der Waals surface area contributed by atoms with Crippen LogP contribution in [0.4, 0.5) is 0 Å². The Morgan fingerprint density at radius 1 is 1.34 bits per heavy atom. The first-order valence-corrected chi connectivity index (χ1v) is 11.8. The quantitative estimate of drug-likeness (QED) is 0.548. The number of aromatic nitrogens is 2. The van der Waals surface area contributed by atoms with Crippen molar-refractivity contribution in [2.75, 3.05) is 26.8 Å². The molecular formula is C19H27ClN4O3S2. The minimum absolute atomic E-state index is 0.00916. The number of nitrogens with zero attached hydrogens (tertiary/aromatic N) is 3. The molecule has 7 nitrogen and oxygen atoms in total. The second-order valence-electron chi connectivity index (χ2n) is 6.38. The Morgan fingerprint density at radius 3 is 2.69 bits per heavy atom. The molecule has 0 spiro atoms. The summed E-state index contributed by atoms with van der Waals surface area (Å²) in [5, 5.41) is 4.17. The van der Waals surface area contributed by atoms with E-state index in [1.807, 2.05) is 18.7 Å². The van der Waals surface area contributed by atoms with Crippen molar-refractivity contribution >= 4 is 38.8 Å². The van der Waals surface area contributed by atoms with Crippen molar-refractivity contribution in [1.82, 2.24) is 19.8 Å². The molecule has 0 saturated carbocycles. The van der Waals surface area contributed by atoms with Crippen LogP contribution in [0.1, 0.15) is 25.1 Å². The zero-order valence-electron chi connectivity index (χ0n) is 16.9. The largest absolute Gasteiger partial charge is 0.383 e. The van der Waals surface area contributed by atoms with Gasteiger partial charge in [0.15, 0.2) is 5.11 Å². The lowest BCUT2D eigenvalue weighted by Gasteiger charge is -2.24. The number of methoxy groups -OCH3 is 1. The van der Waals surface area contributed by atoms with Crippen molar-refractivity contribution in [3.05, 3.63) is 46.7 Å². The molecule has 2 rings (SSSR count). The Kier molecular flexibility index (Phi) is 8.88. The zero-order chi connectivity index (χ0) is 21.4. The summed E-state index contributed by atoms with van der Waals surface area (Å²) in [6.07, 6.45) is 1.59. The van der Waals surface area contributed by atoms with Gasteiger partial charge < -0.3 is 19.5 Å². The fourth-order valence-electron chi connectivity index (χ4n) is 2.86. The van der Waals surface area contributed by atoms with E-state index in [1.54, 1.807) is 42.1 Å². The fraction of sp³-hybridized carbons (Fsp3) is 0.474. The van der Waals surface area contributed by atoms with E-state index < -0.39 is 9.84 Å². The molecule has 29 heavy (non-hydrogen) atoms. The first-order valence-electron chi connectivity index (χ1n) is 9.36. The van der Waals surface area contributed by atoms with Crippen molar-refractivity contribution in [3.63, 3.8) is 0 Å². The standard InChI is InChI=1S/C19H27ClN4O3S2/c1-4-21-18(28)23(5-2)13-16-12-22-19(24(16)10-11-27-3)29(25,26)14-15-8-6-7-9-17(15)20/h6-9,12H,4-5,10-11,13-14H2,1-3H3,(H,21,28). The van der Waals surface area contributed by atoms with E-state index in [1.165, 1.54) is 0 Å². The molecular weight excluding hydrogens is 432 g/mol. The van der Waals surface area contributed by atoms with Crippen LogP contribution >= 0.6 is 23.8 Å². The van der Waals surface area contributed by atoms with Crippen molar-refractivity contribution in [3.8, 4) is 0 Å². The van der Waals surface area contributed by atoms with Gasteiger partial charge in [0, 0.05) is 31.8 Å². The first-order chi connectivity index (χ1) is 13.8. The van der Waals surface area contributed by atoms with Gasteiger partial charge in [-0.25, -0.2) is 13.4 Å². The molecule has 1 aromatic carbocycles. The van der Waals surface area contributed by atoms with Gasteiger partial charge in [0.2, 0.25) is 15.0 Å². The maximum Gasteiger partial charge on any atom is 0.228 e. The third kappa shape index (κ3) is 6.15. The smallest absolute Gasteiger partial charge is 0.228 e. The third-order valence-corrected chi connectivity index (χ3v) is 6.70.